The van der Waals surface area contributed by atoms with Gasteiger partial charge in [0.1, 0.15) is 23.2 Å². The standard InChI is InChI=1S/C23H25ClF2N4O2/c1-13(17-9-14(25)12-30(17)4)31-21-11-20(24)27-22(28-21)18-10-19(29-32-18)23(2,3)15-7-5-6-8-16(15)26/h5-8,10-11,13-14,17H,9,12H2,1-4H3/t13-,14+,17-/m0/s1. The van der Waals surface area contributed by atoms with Crippen LogP contribution in [0.5, 0.6) is 5.88 Å². The lowest BCUT2D eigenvalue weighted by atomic mass is 9.81. The smallest absolute Gasteiger partial charge is 0.218 e. The number of rotatable bonds is 6. The topological polar surface area (TPSA) is 64.3 Å². The fraction of sp³-hybridized carbons (Fsp3) is 0.435. The van der Waals surface area contributed by atoms with Crippen LogP contribution in [0.1, 0.15) is 38.4 Å². The molecule has 1 fully saturated rings. The van der Waals surface area contributed by atoms with Gasteiger partial charge in [-0.25, -0.2) is 13.8 Å². The van der Waals surface area contributed by atoms with Crippen molar-refractivity contribution in [2.75, 3.05) is 13.6 Å². The zero-order valence-electron chi connectivity index (χ0n) is 18.3. The Morgan fingerprint density at radius 1 is 1.25 bits per heavy atom. The van der Waals surface area contributed by atoms with Crippen molar-refractivity contribution in [2.45, 2.75) is 50.9 Å². The molecule has 6 nitrogen and oxygen atoms in total. The molecule has 0 unspecified atom stereocenters. The van der Waals surface area contributed by atoms with Crippen LogP contribution < -0.4 is 4.74 Å². The van der Waals surface area contributed by atoms with Gasteiger partial charge in [0.15, 0.2) is 0 Å². The van der Waals surface area contributed by atoms with E-state index >= 15 is 0 Å². The van der Waals surface area contributed by atoms with Crippen molar-refractivity contribution in [3.63, 3.8) is 0 Å². The van der Waals surface area contributed by atoms with Crippen LogP contribution in [0, 0.1) is 5.82 Å². The predicted molar refractivity (Wildman–Crippen MR) is 117 cm³/mol. The van der Waals surface area contributed by atoms with Crippen LogP contribution in [0.15, 0.2) is 40.9 Å². The van der Waals surface area contributed by atoms with E-state index in [9.17, 15) is 8.78 Å². The minimum Gasteiger partial charge on any atom is -0.473 e. The Labute approximate surface area is 190 Å². The van der Waals surface area contributed by atoms with Crippen molar-refractivity contribution in [1.29, 1.82) is 0 Å². The second kappa shape index (κ2) is 8.75. The van der Waals surface area contributed by atoms with Crippen molar-refractivity contribution in [3.05, 3.63) is 58.6 Å². The van der Waals surface area contributed by atoms with E-state index in [1.54, 1.807) is 24.3 Å². The number of hydrogen-bond donors (Lipinski definition) is 0. The van der Waals surface area contributed by atoms with Crippen LogP contribution in [0.2, 0.25) is 5.15 Å². The Morgan fingerprint density at radius 3 is 2.69 bits per heavy atom. The highest BCUT2D eigenvalue weighted by Gasteiger charge is 2.35. The van der Waals surface area contributed by atoms with Gasteiger partial charge < -0.3 is 9.26 Å². The maximum absolute atomic E-state index is 14.4. The van der Waals surface area contributed by atoms with E-state index in [0.29, 0.717) is 24.2 Å². The SMILES string of the molecule is C[C@H](Oc1cc(Cl)nc(-c2cc(C(C)(C)c3ccccc3F)no2)n1)[C@@H]1C[C@@H](F)CN1C. The summed E-state index contributed by atoms with van der Waals surface area (Å²) in [6.45, 7) is 5.97. The molecule has 170 valence electrons. The molecular formula is C23H25ClF2N4O2. The summed E-state index contributed by atoms with van der Waals surface area (Å²) >= 11 is 6.20. The van der Waals surface area contributed by atoms with Gasteiger partial charge in [0.2, 0.25) is 17.5 Å². The lowest BCUT2D eigenvalue weighted by molar-refractivity contribution is 0.117. The quantitative estimate of drug-likeness (QED) is 0.477. The number of ether oxygens (including phenoxy) is 1. The molecule has 4 rings (SSSR count). The lowest BCUT2D eigenvalue weighted by Crippen LogP contribution is -2.38. The van der Waals surface area contributed by atoms with Gasteiger partial charge in [-0.1, -0.05) is 35.0 Å². The van der Waals surface area contributed by atoms with E-state index in [-0.39, 0.29) is 40.6 Å². The summed E-state index contributed by atoms with van der Waals surface area (Å²) < 4.78 is 39.5. The van der Waals surface area contributed by atoms with Crippen molar-refractivity contribution in [2.24, 2.45) is 0 Å². The first-order valence-corrected chi connectivity index (χ1v) is 10.8. The van der Waals surface area contributed by atoms with Gasteiger partial charge >= 0.3 is 0 Å². The summed E-state index contributed by atoms with van der Waals surface area (Å²) in [5, 5.41) is 4.30. The highest BCUT2D eigenvalue weighted by atomic mass is 35.5. The molecule has 0 N–H and O–H groups in total. The molecule has 1 aromatic carbocycles. The Kier molecular flexibility index (Phi) is 6.18. The molecule has 0 bridgehead atoms. The van der Waals surface area contributed by atoms with Gasteiger partial charge in [-0.3, -0.25) is 4.90 Å². The van der Waals surface area contributed by atoms with E-state index in [1.165, 1.54) is 12.1 Å². The Hall–Kier alpha value is -2.58. The zero-order chi connectivity index (χ0) is 23.0. The second-order valence-electron chi connectivity index (χ2n) is 8.70. The van der Waals surface area contributed by atoms with E-state index < -0.39 is 11.6 Å². The fourth-order valence-electron chi connectivity index (χ4n) is 4.13. The molecule has 2 aromatic heterocycles. The third-order valence-electron chi connectivity index (χ3n) is 5.99. The molecule has 0 spiro atoms. The molecule has 0 saturated carbocycles. The highest BCUT2D eigenvalue weighted by Crippen LogP contribution is 2.34. The number of nitrogens with zero attached hydrogens (tertiary/aromatic N) is 4. The molecule has 0 amide bonds. The van der Waals surface area contributed by atoms with Gasteiger partial charge in [-0.15, -0.1) is 0 Å². The number of hydrogen-bond acceptors (Lipinski definition) is 6. The van der Waals surface area contributed by atoms with Gasteiger partial charge in [-0.05, 0) is 45.9 Å². The van der Waals surface area contributed by atoms with Crippen LogP contribution in [0.25, 0.3) is 11.6 Å². The molecule has 32 heavy (non-hydrogen) atoms. The number of likely N-dealkylation sites (tertiary alicyclic amines) is 1. The fourth-order valence-corrected chi connectivity index (χ4v) is 4.31. The normalized spacial score (nSPS) is 20.5. The van der Waals surface area contributed by atoms with Gasteiger partial charge in [0, 0.05) is 30.1 Å². The zero-order valence-corrected chi connectivity index (χ0v) is 19.1. The number of alkyl halides is 1. The lowest BCUT2D eigenvalue weighted by Gasteiger charge is -2.25. The third kappa shape index (κ3) is 4.47. The molecule has 3 aromatic rings. The molecule has 1 aliphatic rings. The predicted octanol–water partition coefficient (Wildman–Crippen LogP) is 5.06. The van der Waals surface area contributed by atoms with E-state index in [4.69, 9.17) is 20.9 Å². The van der Waals surface area contributed by atoms with Crippen molar-refractivity contribution in [1.82, 2.24) is 20.0 Å². The molecule has 0 radical (unpaired) electrons. The Bertz CT molecular complexity index is 1110. The molecule has 3 atom stereocenters. The van der Waals surface area contributed by atoms with E-state index in [0.717, 1.165) is 0 Å². The average Bonchev–Trinajstić information content (AvgIpc) is 3.35. The van der Waals surface area contributed by atoms with Crippen LogP contribution in [-0.2, 0) is 5.41 Å². The first-order valence-electron chi connectivity index (χ1n) is 10.4. The second-order valence-corrected chi connectivity index (χ2v) is 9.08. The van der Waals surface area contributed by atoms with Gasteiger partial charge in [0.05, 0.1) is 5.69 Å². The van der Waals surface area contributed by atoms with Crippen molar-refractivity contribution < 1.29 is 18.0 Å². The summed E-state index contributed by atoms with van der Waals surface area (Å²) in [5.41, 5.74) is 0.283. The highest BCUT2D eigenvalue weighted by molar-refractivity contribution is 6.29. The number of likely N-dealkylation sites (N-methyl/N-ethyl adjacent to an activating group) is 1. The van der Waals surface area contributed by atoms with Crippen LogP contribution >= 0.6 is 11.6 Å². The molecule has 1 saturated heterocycles. The molecule has 3 heterocycles. The van der Waals surface area contributed by atoms with Gasteiger partial charge in [-0.2, -0.15) is 4.98 Å². The number of aromatic nitrogens is 3. The van der Waals surface area contributed by atoms with E-state index in [1.807, 2.05) is 32.7 Å². The summed E-state index contributed by atoms with van der Waals surface area (Å²) in [7, 11) is 1.87. The number of benzene rings is 1. The Morgan fingerprint density at radius 2 is 2.00 bits per heavy atom. The minimum absolute atomic E-state index is 0.0689. The summed E-state index contributed by atoms with van der Waals surface area (Å²) in [5.74, 6) is 0.421. The molecule has 0 aliphatic carbocycles. The minimum atomic E-state index is -0.869. The van der Waals surface area contributed by atoms with Crippen LogP contribution in [0.3, 0.4) is 0 Å². The van der Waals surface area contributed by atoms with Gasteiger partial charge in [0.25, 0.3) is 0 Å². The summed E-state index contributed by atoms with van der Waals surface area (Å²) in [6.07, 6.45) is -0.768. The molecule has 9 heteroatoms. The average molecular weight is 463 g/mol. The largest absolute Gasteiger partial charge is 0.473 e. The maximum atomic E-state index is 14.4. The first kappa shape index (κ1) is 22.6. The summed E-state index contributed by atoms with van der Waals surface area (Å²) in [6, 6.07) is 9.65. The maximum Gasteiger partial charge on any atom is 0.218 e. The van der Waals surface area contributed by atoms with E-state index in [2.05, 4.69) is 15.1 Å². The van der Waals surface area contributed by atoms with Crippen LogP contribution in [-0.4, -0.2) is 51.9 Å². The third-order valence-corrected chi connectivity index (χ3v) is 6.18. The number of halogens is 3. The summed E-state index contributed by atoms with van der Waals surface area (Å²) in [4.78, 5) is 10.6. The van der Waals surface area contributed by atoms with Crippen molar-refractivity contribution in [3.8, 4) is 17.5 Å². The molecular weight excluding hydrogens is 438 g/mol. The molecule has 1 aliphatic heterocycles. The first-order chi connectivity index (χ1) is 15.1. The van der Waals surface area contributed by atoms with Crippen LogP contribution in [0.4, 0.5) is 8.78 Å². The van der Waals surface area contributed by atoms with Crippen molar-refractivity contribution >= 4 is 11.6 Å². The Balaban J connectivity index is 1.58. The monoisotopic (exact) mass is 462 g/mol.